The number of nitrogens with one attached hydrogen (secondary N) is 2. The summed E-state index contributed by atoms with van der Waals surface area (Å²) in [6, 6.07) is 5.64. The highest BCUT2D eigenvalue weighted by Gasteiger charge is 2.15. The molecule has 1 aromatic heterocycles. The van der Waals surface area contributed by atoms with Crippen LogP contribution < -0.4 is 10.6 Å². The van der Waals surface area contributed by atoms with Crippen molar-refractivity contribution in [3.8, 4) is 0 Å². The molecule has 0 radical (unpaired) electrons. The van der Waals surface area contributed by atoms with Crippen molar-refractivity contribution in [3.63, 3.8) is 0 Å². The fourth-order valence-electron chi connectivity index (χ4n) is 3.17. The van der Waals surface area contributed by atoms with Crippen molar-refractivity contribution in [2.75, 3.05) is 17.6 Å². The van der Waals surface area contributed by atoms with E-state index in [0.29, 0.717) is 11.6 Å². The maximum atomic E-state index is 12.9. The molecule has 1 aromatic carbocycles. The van der Waals surface area contributed by atoms with Gasteiger partial charge in [0.1, 0.15) is 5.82 Å². The third kappa shape index (κ3) is 6.91. The molecular weight excluding hydrogens is 397 g/mol. The van der Waals surface area contributed by atoms with Crippen LogP contribution in [0.4, 0.5) is 10.1 Å². The molecular formula is C20H24FN3O2S2. The molecule has 2 aromatic rings. The zero-order chi connectivity index (χ0) is 19.8. The van der Waals surface area contributed by atoms with Gasteiger partial charge < -0.3 is 10.6 Å². The number of halogens is 1. The number of hydrogen-bond acceptors (Lipinski definition) is 5. The number of amides is 2. The van der Waals surface area contributed by atoms with Gasteiger partial charge in [0.05, 0.1) is 17.9 Å². The van der Waals surface area contributed by atoms with Crippen LogP contribution in [0.25, 0.3) is 0 Å². The lowest BCUT2D eigenvalue weighted by molar-refractivity contribution is -0.120. The zero-order valence-electron chi connectivity index (χ0n) is 15.6. The molecule has 150 valence electrons. The Morgan fingerprint density at radius 1 is 1.14 bits per heavy atom. The Bertz CT molecular complexity index is 789. The minimum atomic E-state index is -0.342. The second-order valence-electron chi connectivity index (χ2n) is 6.93. The Hall–Kier alpha value is -1.93. The SMILES string of the molecule is O=C(Cc1csc(SCC(=O)Nc2ccc(F)cc2)n1)NCC1CCCCC1. The lowest BCUT2D eigenvalue weighted by Crippen LogP contribution is -2.31. The summed E-state index contributed by atoms with van der Waals surface area (Å²) in [4.78, 5) is 28.5. The number of thioether (sulfide) groups is 1. The number of thiazole rings is 1. The topological polar surface area (TPSA) is 71.1 Å². The van der Waals surface area contributed by atoms with Crippen LogP contribution in [-0.4, -0.2) is 29.1 Å². The Labute approximate surface area is 172 Å². The Morgan fingerprint density at radius 2 is 1.89 bits per heavy atom. The van der Waals surface area contributed by atoms with Crippen molar-refractivity contribution in [2.45, 2.75) is 42.9 Å². The molecule has 0 spiro atoms. The fourth-order valence-corrected chi connectivity index (χ4v) is 4.81. The number of benzene rings is 1. The Kier molecular flexibility index (Phi) is 7.85. The summed E-state index contributed by atoms with van der Waals surface area (Å²) >= 11 is 2.75. The first kappa shape index (κ1) is 20.8. The molecule has 3 rings (SSSR count). The monoisotopic (exact) mass is 421 g/mol. The maximum Gasteiger partial charge on any atom is 0.234 e. The predicted molar refractivity (Wildman–Crippen MR) is 111 cm³/mol. The van der Waals surface area contributed by atoms with E-state index in [1.165, 1.54) is 79.5 Å². The summed E-state index contributed by atoms with van der Waals surface area (Å²) < 4.78 is 13.6. The van der Waals surface area contributed by atoms with Crippen LogP contribution in [0.2, 0.25) is 0 Å². The van der Waals surface area contributed by atoms with Gasteiger partial charge in [-0.15, -0.1) is 11.3 Å². The smallest absolute Gasteiger partial charge is 0.234 e. The van der Waals surface area contributed by atoms with E-state index in [0.717, 1.165) is 16.6 Å². The number of carbonyl (C=O) groups is 2. The average molecular weight is 422 g/mol. The van der Waals surface area contributed by atoms with E-state index < -0.39 is 0 Å². The summed E-state index contributed by atoms with van der Waals surface area (Å²) in [6.07, 6.45) is 6.52. The standard InChI is InChI=1S/C20H24FN3O2S2/c21-15-6-8-16(9-7-15)23-19(26)13-28-20-24-17(12-27-20)10-18(25)22-11-14-4-2-1-3-5-14/h6-9,12,14H,1-5,10-11,13H2,(H,22,25)(H,23,26). The third-order valence-corrected chi connectivity index (χ3v) is 6.71. The van der Waals surface area contributed by atoms with Gasteiger partial charge in [-0.3, -0.25) is 9.59 Å². The maximum absolute atomic E-state index is 12.9. The number of rotatable bonds is 8. The molecule has 2 amide bonds. The van der Waals surface area contributed by atoms with Gasteiger partial charge >= 0.3 is 0 Å². The van der Waals surface area contributed by atoms with E-state index in [2.05, 4.69) is 15.6 Å². The van der Waals surface area contributed by atoms with Gasteiger partial charge in [0.2, 0.25) is 11.8 Å². The van der Waals surface area contributed by atoms with E-state index >= 15 is 0 Å². The predicted octanol–water partition coefficient (Wildman–Crippen LogP) is 4.25. The van der Waals surface area contributed by atoms with Crippen molar-refractivity contribution in [1.29, 1.82) is 0 Å². The quantitative estimate of drug-likeness (QED) is 0.625. The van der Waals surface area contributed by atoms with Gasteiger partial charge in [0, 0.05) is 17.6 Å². The number of hydrogen-bond donors (Lipinski definition) is 2. The molecule has 1 saturated carbocycles. The molecule has 8 heteroatoms. The molecule has 0 saturated heterocycles. The molecule has 1 aliphatic rings. The molecule has 2 N–H and O–H groups in total. The minimum Gasteiger partial charge on any atom is -0.355 e. The van der Waals surface area contributed by atoms with Crippen molar-refractivity contribution in [1.82, 2.24) is 10.3 Å². The van der Waals surface area contributed by atoms with Gasteiger partial charge in [0.25, 0.3) is 0 Å². The van der Waals surface area contributed by atoms with Gasteiger partial charge in [-0.1, -0.05) is 31.0 Å². The van der Waals surface area contributed by atoms with Crippen molar-refractivity contribution >= 4 is 40.6 Å². The highest BCUT2D eigenvalue weighted by atomic mass is 32.2. The minimum absolute atomic E-state index is 0.00137. The van der Waals surface area contributed by atoms with Gasteiger partial charge in [-0.25, -0.2) is 9.37 Å². The lowest BCUT2D eigenvalue weighted by Gasteiger charge is -2.21. The van der Waals surface area contributed by atoms with E-state index in [-0.39, 0.29) is 29.8 Å². The van der Waals surface area contributed by atoms with E-state index in [1.807, 2.05) is 5.38 Å². The van der Waals surface area contributed by atoms with E-state index in [1.54, 1.807) is 0 Å². The first-order valence-electron chi connectivity index (χ1n) is 9.48. The fraction of sp³-hybridized carbons (Fsp3) is 0.450. The normalized spacial score (nSPS) is 14.6. The van der Waals surface area contributed by atoms with Gasteiger partial charge in [-0.2, -0.15) is 0 Å². The highest BCUT2D eigenvalue weighted by Crippen LogP contribution is 2.24. The average Bonchev–Trinajstić information content (AvgIpc) is 3.15. The van der Waals surface area contributed by atoms with Crippen LogP contribution in [0.1, 0.15) is 37.8 Å². The Balaban J connectivity index is 1.37. The van der Waals surface area contributed by atoms with Crippen LogP contribution in [0, 0.1) is 11.7 Å². The lowest BCUT2D eigenvalue weighted by atomic mass is 9.89. The highest BCUT2D eigenvalue weighted by molar-refractivity contribution is 8.01. The first-order valence-corrected chi connectivity index (χ1v) is 11.3. The van der Waals surface area contributed by atoms with Gasteiger partial charge in [-0.05, 0) is 43.0 Å². The number of nitrogens with zero attached hydrogens (tertiary/aromatic N) is 1. The second-order valence-corrected chi connectivity index (χ2v) is 9.01. The molecule has 0 aliphatic heterocycles. The number of carbonyl (C=O) groups excluding carboxylic acids is 2. The van der Waals surface area contributed by atoms with Crippen LogP contribution in [0.15, 0.2) is 34.0 Å². The molecule has 1 fully saturated rings. The summed E-state index contributed by atoms with van der Waals surface area (Å²) in [5.74, 6) is 0.294. The van der Waals surface area contributed by atoms with Crippen molar-refractivity contribution < 1.29 is 14.0 Å². The summed E-state index contributed by atoms with van der Waals surface area (Å²) in [5.41, 5.74) is 1.29. The summed E-state index contributed by atoms with van der Waals surface area (Å²) in [6.45, 7) is 0.758. The second kappa shape index (κ2) is 10.6. The molecule has 5 nitrogen and oxygen atoms in total. The molecule has 1 heterocycles. The van der Waals surface area contributed by atoms with Crippen molar-refractivity contribution in [3.05, 3.63) is 41.2 Å². The van der Waals surface area contributed by atoms with E-state index in [9.17, 15) is 14.0 Å². The zero-order valence-corrected chi connectivity index (χ0v) is 17.2. The van der Waals surface area contributed by atoms with Gasteiger partial charge in [0.15, 0.2) is 4.34 Å². The largest absolute Gasteiger partial charge is 0.355 e. The molecule has 0 atom stereocenters. The first-order chi connectivity index (χ1) is 13.6. The summed E-state index contributed by atoms with van der Waals surface area (Å²) in [7, 11) is 0. The van der Waals surface area contributed by atoms with Crippen LogP contribution >= 0.6 is 23.1 Å². The van der Waals surface area contributed by atoms with Crippen LogP contribution in [0.3, 0.4) is 0 Å². The molecule has 1 aliphatic carbocycles. The molecule has 0 bridgehead atoms. The Morgan fingerprint density at radius 3 is 2.64 bits per heavy atom. The number of aromatic nitrogens is 1. The number of anilines is 1. The summed E-state index contributed by atoms with van der Waals surface area (Å²) in [5, 5.41) is 7.59. The van der Waals surface area contributed by atoms with Crippen LogP contribution in [0.5, 0.6) is 0 Å². The molecule has 28 heavy (non-hydrogen) atoms. The van der Waals surface area contributed by atoms with E-state index in [4.69, 9.17) is 0 Å². The van der Waals surface area contributed by atoms with Crippen LogP contribution in [-0.2, 0) is 16.0 Å². The molecule has 0 unspecified atom stereocenters. The van der Waals surface area contributed by atoms with Crippen molar-refractivity contribution in [2.24, 2.45) is 5.92 Å². The third-order valence-electron chi connectivity index (χ3n) is 4.64.